The second-order valence-electron chi connectivity index (χ2n) is 5.11. The van der Waals surface area contributed by atoms with Gasteiger partial charge in [-0.15, -0.1) is 0 Å². The molecular formula is C11H24O3Si. The van der Waals surface area contributed by atoms with Crippen LogP contribution in [0.3, 0.4) is 0 Å². The van der Waals surface area contributed by atoms with E-state index in [1.165, 1.54) is 0 Å². The summed E-state index contributed by atoms with van der Waals surface area (Å²) in [6.07, 6.45) is 1.90. The molecule has 0 heterocycles. The van der Waals surface area contributed by atoms with Crippen LogP contribution < -0.4 is 0 Å². The molecule has 0 aliphatic heterocycles. The van der Waals surface area contributed by atoms with Gasteiger partial charge in [0.2, 0.25) is 0 Å². The van der Waals surface area contributed by atoms with E-state index in [0.717, 1.165) is 12.8 Å². The van der Waals surface area contributed by atoms with Crippen LogP contribution in [0, 0.1) is 5.41 Å². The van der Waals surface area contributed by atoms with E-state index >= 15 is 0 Å². The van der Waals surface area contributed by atoms with Crippen molar-refractivity contribution in [1.82, 2.24) is 0 Å². The Morgan fingerprint density at radius 2 is 2.00 bits per heavy atom. The van der Waals surface area contributed by atoms with Gasteiger partial charge in [-0.3, -0.25) is 4.79 Å². The fraction of sp³-hybridized carbons (Fsp3) is 0.909. The van der Waals surface area contributed by atoms with Gasteiger partial charge in [0, 0.05) is 7.11 Å². The molecule has 0 aliphatic rings. The van der Waals surface area contributed by atoms with E-state index in [0.29, 0.717) is 6.61 Å². The van der Waals surface area contributed by atoms with E-state index in [4.69, 9.17) is 9.16 Å². The standard InChI is InChI=1S/C11H24O3Si/c1-6-7-9(15-13-5)10(12)14-8-11(2,3)4/h9H,6-8,15H2,1-5H3. The minimum absolute atomic E-state index is 0.0300. The van der Waals surface area contributed by atoms with Crippen LogP contribution in [0.25, 0.3) is 0 Å². The molecule has 0 aromatic heterocycles. The van der Waals surface area contributed by atoms with E-state index in [-0.39, 0.29) is 16.9 Å². The smallest absolute Gasteiger partial charge is 0.307 e. The van der Waals surface area contributed by atoms with Crippen molar-refractivity contribution in [2.45, 2.75) is 46.1 Å². The number of carbonyl (C=O) groups is 1. The van der Waals surface area contributed by atoms with E-state index in [2.05, 4.69) is 27.7 Å². The van der Waals surface area contributed by atoms with Crippen molar-refractivity contribution in [3.63, 3.8) is 0 Å². The number of hydrogen-bond acceptors (Lipinski definition) is 3. The average molecular weight is 232 g/mol. The minimum atomic E-state index is -0.761. The third-order valence-corrected chi connectivity index (χ3v) is 3.46. The summed E-state index contributed by atoms with van der Waals surface area (Å²) in [5, 5.41) is 0. The predicted octanol–water partition coefficient (Wildman–Crippen LogP) is 1.89. The summed E-state index contributed by atoms with van der Waals surface area (Å²) in [4.78, 5) is 11.7. The molecular weight excluding hydrogens is 208 g/mol. The molecule has 0 aromatic rings. The van der Waals surface area contributed by atoms with Crippen LogP contribution >= 0.6 is 0 Å². The lowest BCUT2D eigenvalue weighted by atomic mass is 9.99. The highest BCUT2D eigenvalue weighted by Crippen LogP contribution is 2.18. The Labute approximate surface area is 95.5 Å². The van der Waals surface area contributed by atoms with E-state index in [9.17, 15) is 4.79 Å². The SMILES string of the molecule is CCCC([SiH2]OC)C(=O)OCC(C)(C)C. The first-order valence-corrected chi connectivity index (χ1v) is 6.95. The van der Waals surface area contributed by atoms with Gasteiger partial charge in [-0.1, -0.05) is 34.1 Å². The van der Waals surface area contributed by atoms with Crippen LogP contribution in [0.15, 0.2) is 0 Å². The highest BCUT2D eigenvalue weighted by Gasteiger charge is 2.22. The van der Waals surface area contributed by atoms with Gasteiger partial charge >= 0.3 is 5.97 Å². The Balaban J connectivity index is 4.02. The zero-order valence-corrected chi connectivity index (χ0v) is 12.0. The molecule has 90 valence electrons. The summed E-state index contributed by atoms with van der Waals surface area (Å²) in [6, 6.07) is 0. The Morgan fingerprint density at radius 3 is 2.40 bits per heavy atom. The topological polar surface area (TPSA) is 35.5 Å². The normalized spacial score (nSPS) is 14.5. The van der Waals surface area contributed by atoms with E-state index < -0.39 is 9.76 Å². The first-order valence-electron chi connectivity index (χ1n) is 5.56. The zero-order chi connectivity index (χ0) is 11.9. The van der Waals surface area contributed by atoms with Crippen molar-refractivity contribution in [2.75, 3.05) is 13.7 Å². The van der Waals surface area contributed by atoms with E-state index in [1.54, 1.807) is 7.11 Å². The monoisotopic (exact) mass is 232 g/mol. The third-order valence-electron chi connectivity index (χ3n) is 1.99. The van der Waals surface area contributed by atoms with Crippen LogP contribution in [0.2, 0.25) is 5.54 Å². The Bertz CT molecular complexity index is 181. The summed E-state index contributed by atoms with van der Waals surface area (Å²) in [7, 11) is 0.911. The molecule has 0 saturated heterocycles. The van der Waals surface area contributed by atoms with Gasteiger partial charge in [-0.25, -0.2) is 0 Å². The maximum atomic E-state index is 11.7. The molecule has 0 spiro atoms. The van der Waals surface area contributed by atoms with E-state index in [1.807, 2.05) is 0 Å². The van der Waals surface area contributed by atoms with Gasteiger partial charge in [-0.2, -0.15) is 0 Å². The first kappa shape index (κ1) is 14.6. The highest BCUT2D eigenvalue weighted by molar-refractivity contribution is 6.36. The Hall–Kier alpha value is -0.353. The summed E-state index contributed by atoms with van der Waals surface area (Å²) >= 11 is 0. The summed E-state index contributed by atoms with van der Waals surface area (Å²) in [5.41, 5.74) is 0.0727. The van der Waals surface area contributed by atoms with Gasteiger partial charge in [0.15, 0.2) is 9.76 Å². The van der Waals surface area contributed by atoms with Crippen LogP contribution in [-0.4, -0.2) is 29.4 Å². The van der Waals surface area contributed by atoms with Gasteiger partial charge in [-0.05, 0) is 11.8 Å². The van der Waals surface area contributed by atoms with Crippen molar-refractivity contribution in [2.24, 2.45) is 5.41 Å². The minimum Gasteiger partial charge on any atom is -0.465 e. The molecule has 4 heteroatoms. The van der Waals surface area contributed by atoms with Crippen molar-refractivity contribution >= 4 is 15.7 Å². The summed E-state index contributed by atoms with van der Waals surface area (Å²) in [6.45, 7) is 8.74. The van der Waals surface area contributed by atoms with Gasteiger partial charge < -0.3 is 9.16 Å². The number of ether oxygens (including phenoxy) is 1. The quantitative estimate of drug-likeness (QED) is 0.518. The molecule has 0 rings (SSSR count). The number of rotatable bonds is 6. The van der Waals surface area contributed by atoms with Crippen molar-refractivity contribution in [1.29, 1.82) is 0 Å². The molecule has 0 N–H and O–H groups in total. The lowest BCUT2D eigenvalue weighted by molar-refractivity contribution is -0.146. The van der Waals surface area contributed by atoms with Crippen molar-refractivity contribution in [3.8, 4) is 0 Å². The molecule has 0 aliphatic carbocycles. The lowest BCUT2D eigenvalue weighted by Gasteiger charge is -2.20. The van der Waals surface area contributed by atoms with Crippen molar-refractivity contribution in [3.05, 3.63) is 0 Å². The first-order chi connectivity index (χ1) is 6.90. The number of esters is 1. The second kappa shape index (κ2) is 7.01. The van der Waals surface area contributed by atoms with Crippen molar-refractivity contribution < 1.29 is 14.0 Å². The van der Waals surface area contributed by atoms with Crippen LogP contribution in [-0.2, 0) is 14.0 Å². The molecule has 0 saturated carbocycles. The van der Waals surface area contributed by atoms with Gasteiger partial charge in [0.25, 0.3) is 0 Å². The number of hydrogen-bond donors (Lipinski definition) is 0. The third kappa shape index (κ3) is 7.56. The van der Waals surface area contributed by atoms with Gasteiger partial charge in [0.05, 0.1) is 12.1 Å². The molecule has 1 unspecified atom stereocenters. The van der Waals surface area contributed by atoms with Crippen LogP contribution in [0.5, 0.6) is 0 Å². The lowest BCUT2D eigenvalue weighted by Crippen LogP contribution is -2.24. The predicted molar refractivity (Wildman–Crippen MR) is 64.6 cm³/mol. The summed E-state index contributed by atoms with van der Waals surface area (Å²) < 4.78 is 10.4. The van der Waals surface area contributed by atoms with Crippen LogP contribution in [0.1, 0.15) is 40.5 Å². The zero-order valence-electron chi connectivity index (χ0n) is 10.6. The average Bonchev–Trinajstić information content (AvgIpc) is 2.13. The Morgan fingerprint density at radius 1 is 1.40 bits per heavy atom. The molecule has 1 atom stereocenters. The molecule has 0 bridgehead atoms. The molecule has 0 amide bonds. The number of carbonyl (C=O) groups excluding carboxylic acids is 1. The maximum Gasteiger partial charge on any atom is 0.307 e. The molecule has 0 aromatic carbocycles. The second-order valence-corrected chi connectivity index (χ2v) is 7.01. The fourth-order valence-corrected chi connectivity index (χ4v) is 2.46. The Kier molecular flexibility index (Phi) is 6.84. The molecule has 0 fully saturated rings. The molecule has 15 heavy (non-hydrogen) atoms. The van der Waals surface area contributed by atoms with Crippen LogP contribution in [0.4, 0.5) is 0 Å². The molecule has 3 nitrogen and oxygen atoms in total. The molecule has 0 radical (unpaired) electrons. The highest BCUT2D eigenvalue weighted by atomic mass is 28.2. The maximum absolute atomic E-state index is 11.7. The largest absolute Gasteiger partial charge is 0.465 e. The fourth-order valence-electron chi connectivity index (χ4n) is 1.22. The summed E-state index contributed by atoms with van der Waals surface area (Å²) in [5.74, 6) is -0.0692. The van der Waals surface area contributed by atoms with Gasteiger partial charge in [0.1, 0.15) is 0 Å².